The molecule has 132 valence electrons. The highest BCUT2D eigenvalue weighted by Gasteiger charge is 2.53. The van der Waals surface area contributed by atoms with Gasteiger partial charge in [0, 0.05) is 13.0 Å². The minimum absolute atomic E-state index is 0.209. The van der Waals surface area contributed by atoms with Gasteiger partial charge in [0.25, 0.3) is 0 Å². The third-order valence-corrected chi connectivity index (χ3v) is 5.80. The first-order valence-electron chi connectivity index (χ1n) is 9.12. The Labute approximate surface area is 140 Å². The molecule has 1 saturated carbocycles. The maximum Gasteiger partial charge on any atom is 0.193 e. The summed E-state index contributed by atoms with van der Waals surface area (Å²) in [5.41, 5.74) is 0. The van der Waals surface area contributed by atoms with Crippen LogP contribution >= 0.6 is 0 Å². The number of hydrogen-bond donors (Lipinski definition) is 0. The van der Waals surface area contributed by atoms with Crippen LogP contribution in [-0.2, 0) is 14.2 Å². The average molecular weight is 331 g/mol. The van der Waals surface area contributed by atoms with Crippen molar-refractivity contribution >= 4 is 10.2 Å². The summed E-state index contributed by atoms with van der Waals surface area (Å²) in [6.07, 6.45) is 4.43. The second-order valence-corrected chi connectivity index (χ2v) is 9.92. The van der Waals surface area contributed by atoms with Gasteiger partial charge in [-0.3, -0.25) is 0 Å². The SMILES string of the molecule is CC(C)COC1([SiH3])CCCCC1(OCC(C)C)OCC(C)C. The molecule has 0 N–H and O–H groups in total. The van der Waals surface area contributed by atoms with Crippen molar-refractivity contribution in [2.75, 3.05) is 19.8 Å². The second kappa shape index (κ2) is 8.81. The lowest BCUT2D eigenvalue weighted by atomic mass is 9.89. The van der Waals surface area contributed by atoms with Gasteiger partial charge in [-0.15, -0.1) is 0 Å². The van der Waals surface area contributed by atoms with Gasteiger partial charge in [0.05, 0.1) is 23.5 Å². The van der Waals surface area contributed by atoms with Crippen LogP contribution in [0.25, 0.3) is 0 Å². The van der Waals surface area contributed by atoms with E-state index in [-0.39, 0.29) is 5.22 Å². The van der Waals surface area contributed by atoms with Gasteiger partial charge in [0.2, 0.25) is 0 Å². The largest absolute Gasteiger partial charge is 0.374 e. The Hall–Kier alpha value is 0.0969. The van der Waals surface area contributed by atoms with Gasteiger partial charge in [-0.25, -0.2) is 0 Å². The van der Waals surface area contributed by atoms with Crippen molar-refractivity contribution in [1.82, 2.24) is 0 Å². The molecular formula is C18H38O3Si. The van der Waals surface area contributed by atoms with E-state index in [4.69, 9.17) is 14.2 Å². The minimum atomic E-state index is -0.527. The highest BCUT2D eigenvalue weighted by Crippen LogP contribution is 2.42. The molecule has 4 heteroatoms. The molecule has 1 unspecified atom stereocenters. The van der Waals surface area contributed by atoms with E-state index >= 15 is 0 Å². The fourth-order valence-corrected chi connectivity index (χ4v) is 3.96. The van der Waals surface area contributed by atoms with Crippen molar-refractivity contribution in [3.8, 4) is 0 Å². The van der Waals surface area contributed by atoms with Crippen molar-refractivity contribution in [1.29, 1.82) is 0 Å². The fourth-order valence-electron chi connectivity index (χ4n) is 2.90. The van der Waals surface area contributed by atoms with E-state index in [9.17, 15) is 0 Å². The van der Waals surface area contributed by atoms with Gasteiger partial charge < -0.3 is 14.2 Å². The van der Waals surface area contributed by atoms with Gasteiger partial charge in [0.1, 0.15) is 5.22 Å². The lowest BCUT2D eigenvalue weighted by Gasteiger charge is -2.51. The molecule has 1 aliphatic carbocycles. The van der Waals surface area contributed by atoms with Crippen LogP contribution < -0.4 is 0 Å². The van der Waals surface area contributed by atoms with E-state index in [0.717, 1.165) is 42.9 Å². The van der Waals surface area contributed by atoms with Gasteiger partial charge in [-0.2, -0.15) is 0 Å². The summed E-state index contributed by atoms with van der Waals surface area (Å²) in [6, 6.07) is 0. The van der Waals surface area contributed by atoms with Crippen molar-refractivity contribution in [2.24, 2.45) is 17.8 Å². The van der Waals surface area contributed by atoms with Crippen molar-refractivity contribution in [3.05, 3.63) is 0 Å². The third-order valence-electron chi connectivity index (χ3n) is 4.25. The summed E-state index contributed by atoms with van der Waals surface area (Å²) in [6.45, 7) is 15.5. The first-order chi connectivity index (χ1) is 10.2. The van der Waals surface area contributed by atoms with Crippen molar-refractivity contribution in [3.63, 3.8) is 0 Å². The Balaban J connectivity index is 2.93. The Kier molecular flexibility index (Phi) is 8.07. The summed E-state index contributed by atoms with van der Waals surface area (Å²) in [5.74, 6) is 1.04. The summed E-state index contributed by atoms with van der Waals surface area (Å²) in [7, 11) is 0.940. The van der Waals surface area contributed by atoms with E-state index in [2.05, 4.69) is 41.5 Å². The molecule has 1 rings (SSSR count). The molecule has 0 heterocycles. The molecule has 1 aliphatic rings. The maximum atomic E-state index is 6.42. The number of ether oxygens (including phenoxy) is 3. The molecule has 0 aliphatic heterocycles. The minimum Gasteiger partial charge on any atom is -0.374 e. The van der Waals surface area contributed by atoms with Gasteiger partial charge >= 0.3 is 0 Å². The molecule has 1 atom stereocenters. The molecule has 3 nitrogen and oxygen atoms in total. The molecule has 1 fully saturated rings. The normalized spacial score (nSPS) is 25.5. The van der Waals surface area contributed by atoms with Crippen molar-refractivity contribution in [2.45, 2.75) is 78.2 Å². The first kappa shape index (κ1) is 20.1. The second-order valence-electron chi connectivity index (χ2n) is 8.31. The standard InChI is InChI=1S/C18H38O3Si/c1-14(2)11-19-17(20-12-15(3)4)9-7-8-10-18(17,22)21-13-16(5)6/h14-16H,7-13H2,1-6,22H3. The van der Waals surface area contributed by atoms with Crippen LogP contribution in [0, 0.1) is 17.8 Å². The lowest BCUT2D eigenvalue weighted by Crippen LogP contribution is -2.62. The van der Waals surface area contributed by atoms with E-state index in [1.54, 1.807) is 0 Å². The third kappa shape index (κ3) is 5.62. The fraction of sp³-hybridized carbons (Fsp3) is 1.00. The summed E-state index contributed by atoms with van der Waals surface area (Å²) < 4.78 is 19.3. The molecule has 22 heavy (non-hydrogen) atoms. The predicted molar refractivity (Wildman–Crippen MR) is 96.2 cm³/mol. The summed E-state index contributed by atoms with van der Waals surface area (Å²) >= 11 is 0. The van der Waals surface area contributed by atoms with Crippen LogP contribution in [0.2, 0.25) is 0 Å². The first-order valence-corrected chi connectivity index (χ1v) is 10.1. The smallest absolute Gasteiger partial charge is 0.193 e. The van der Waals surface area contributed by atoms with Crippen LogP contribution in [-0.4, -0.2) is 41.1 Å². The molecule has 0 aromatic carbocycles. The molecular weight excluding hydrogens is 292 g/mol. The highest BCUT2D eigenvalue weighted by atomic mass is 28.1. The Morgan fingerprint density at radius 1 is 0.727 bits per heavy atom. The molecule has 0 spiro atoms. The molecule has 0 aromatic heterocycles. The van der Waals surface area contributed by atoms with Crippen LogP contribution in [0.1, 0.15) is 67.2 Å². The topological polar surface area (TPSA) is 27.7 Å². The molecule has 0 bridgehead atoms. The number of rotatable bonds is 9. The lowest BCUT2D eigenvalue weighted by molar-refractivity contribution is -0.326. The molecule has 0 radical (unpaired) electrons. The zero-order valence-electron chi connectivity index (χ0n) is 15.9. The monoisotopic (exact) mass is 330 g/mol. The van der Waals surface area contributed by atoms with Gasteiger partial charge in [0.15, 0.2) is 5.79 Å². The molecule has 0 saturated heterocycles. The molecule has 0 aromatic rings. The van der Waals surface area contributed by atoms with Gasteiger partial charge in [-0.05, 0) is 30.6 Å². The van der Waals surface area contributed by atoms with Crippen LogP contribution in [0.5, 0.6) is 0 Å². The zero-order valence-corrected chi connectivity index (χ0v) is 17.9. The van der Waals surface area contributed by atoms with E-state index < -0.39 is 5.79 Å². The Bertz CT molecular complexity index is 305. The van der Waals surface area contributed by atoms with Crippen LogP contribution in [0.15, 0.2) is 0 Å². The van der Waals surface area contributed by atoms with Crippen LogP contribution in [0.4, 0.5) is 0 Å². The maximum absolute atomic E-state index is 6.42. The van der Waals surface area contributed by atoms with Crippen molar-refractivity contribution < 1.29 is 14.2 Å². The van der Waals surface area contributed by atoms with E-state index in [1.807, 2.05) is 0 Å². The van der Waals surface area contributed by atoms with E-state index in [0.29, 0.717) is 17.8 Å². The average Bonchev–Trinajstić information content (AvgIpc) is 2.43. The van der Waals surface area contributed by atoms with E-state index in [1.165, 1.54) is 12.8 Å². The predicted octanol–water partition coefficient (Wildman–Crippen LogP) is 3.34. The number of hydrogen-bond acceptors (Lipinski definition) is 3. The van der Waals surface area contributed by atoms with Crippen LogP contribution in [0.3, 0.4) is 0 Å². The highest BCUT2D eigenvalue weighted by molar-refractivity contribution is 6.15. The molecule has 0 amide bonds. The van der Waals surface area contributed by atoms with Gasteiger partial charge in [-0.1, -0.05) is 48.0 Å². The Morgan fingerprint density at radius 3 is 1.59 bits per heavy atom. The summed E-state index contributed by atoms with van der Waals surface area (Å²) in [4.78, 5) is 0. The zero-order chi connectivity index (χ0) is 16.8. The quantitative estimate of drug-likeness (QED) is 0.479. The summed E-state index contributed by atoms with van der Waals surface area (Å²) in [5, 5.41) is -0.209. The Morgan fingerprint density at radius 2 is 1.14 bits per heavy atom.